The Morgan fingerprint density at radius 1 is 1.03 bits per heavy atom. The number of nitrogens with zero attached hydrogens (tertiary/aromatic N) is 6. The molecule has 1 unspecified atom stereocenters. The van der Waals surface area contributed by atoms with Gasteiger partial charge in [0.1, 0.15) is 5.82 Å². The summed E-state index contributed by atoms with van der Waals surface area (Å²) in [6, 6.07) is 4.23. The summed E-state index contributed by atoms with van der Waals surface area (Å²) in [4.78, 5) is 11.7. The molecule has 0 amide bonds. The predicted molar refractivity (Wildman–Crippen MR) is 124 cm³/mol. The van der Waals surface area contributed by atoms with Crippen LogP contribution in [-0.4, -0.2) is 49.3 Å². The lowest BCUT2D eigenvalue weighted by molar-refractivity contribution is -0.182. The number of rotatable bonds is 4. The fourth-order valence-electron chi connectivity index (χ4n) is 6.22. The van der Waals surface area contributed by atoms with E-state index in [-0.39, 0.29) is 18.8 Å². The zero-order chi connectivity index (χ0) is 23.4. The van der Waals surface area contributed by atoms with Crippen LogP contribution >= 0.6 is 11.5 Å². The Balaban J connectivity index is 1.17. The summed E-state index contributed by atoms with van der Waals surface area (Å²) in [6.07, 6.45) is 1.55. The molecule has 1 saturated heterocycles. The number of halogens is 3. The Morgan fingerprint density at radius 3 is 2.41 bits per heavy atom. The van der Waals surface area contributed by atoms with Crippen molar-refractivity contribution in [2.24, 2.45) is 17.8 Å². The number of fused-ring (bicyclic) bond motifs is 3. The van der Waals surface area contributed by atoms with Gasteiger partial charge in [-0.15, -0.1) is 5.10 Å². The summed E-state index contributed by atoms with van der Waals surface area (Å²) in [5.74, 6) is 1.33. The molecule has 3 aliphatic rings. The number of anilines is 2. The van der Waals surface area contributed by atoms with Crippen LogP contribution in [0.3, 0.4) is 0 Å². The third-order valence-corrected chi connectivity index (χ3v) is 8.81. The maximum Gasteiger partial charge on any atom is 0.391 e. The molecule has 182 valence electrons. The van der Waals surface area contributed by atoms with E-state index in [9.17, 15) is 13.2 Å². The Morgan fingerprint density at radius 2 is 1.76 bits per heavy atom. The molecule has 3 aromatic heterocycles. The van der Waals surface area contributed by atoms with E-state index in [1.165, 1.54) is 11.5 Å². The standard InChI is InChI=1S/C23H28F3N7S/c1-13-27-22(34-31-13)32-11-15-4-5-16(12-32)19(15)28-21-29-20-18(3-2-10-33(20)30-21)14-6-8-17(9-7-14)23(24,25)26/h2-3,10,14-17,19H,4-9,11-12H2,1H3,(H,28,30)/t14?,15-,16+,17?,19?. The van der Waals surface area contributed by atoms with Crippen LogP contribution in [0.4, 0.5) is 24.3 Å². The van der Waals surface area contributed by atoms with Crippen molar-refractivity contribution < 1.29 is 13.2 Å². The summed E-state index contributed by atoms with van der Waals surface area (Å²) >= 11 is 1.47. The number of nitrogens with one attached hydrogen (secondary N) is 1. The van der Waals surface area contributed by atoms with Gasteiger partial charge in [-0.2, -0.15) is 22.5 Å². The van der Waals surface area contributed by atoms with E-state index in [1.807, 2.05) is 25.3 Å². The molecule has 1 aliphatic heterocycles. The summed E-state index contributed by atoms with van der Waals surface area (Å²) in [7, 11) is 0. The van der Waals surface area contributed by atoms with Crippen LogP contribution in [0.2, 0.25) is 0 Å². The monoisotopic (exact) mass is 491 g/mol. The zero-order valence-corrected chi connectivity index (χ0v) is 19.8. The van der Waals surface area contributed by atoms with Crippen molar-refractivity contribution >= 4 is 28.3 Å². The minimum absolute atomic E-state index is 0.0918. The summed E-state index contributed by atoms with van der Waals surface area (Å²) in [5, 5.41) is 9.29. The summed E-state index contributed by atoms with van der Waals surface area (Å²) in [5.41, 5.74) is 1.77. The third kappa shape index (κ3) is 4.01. The highest BCUT2D eigenvalue weighted by molar-refractivity contribution is 7.09. The lowest BCUT2D eigenvalue weighted by Gasteiger charge is -2.37. The van der Waals surface area contributed by atoms with Crippen molar-refractivity contribution in [2.45, 2.75) is 63.6 Å². The van der Waals surface area contributed by atoms with Gasteiger partial charge in [0.2, 0.25) is 11.1 Å². The van der Waals surface area contributed by atoms with Gasteiger partial charge in [0.25, 0.3) is 0 Å². The average Bonchev–Trinajstić information content (AvgIpc) is 3.48. The van der Waals surface area contributed by atoms with Crippen LogP contribution in [0.25, 0.3) is 5.65 Å². The maximum absolute atomic E-state index is 13.1. The molecular weight excluding hydrogens is 463 g/mol. The number of aryl methyl sites for hydroxylation is 1. The van der Waals surface area contributed by atoms with E-state index in [2.05, 4.69) is 24.7 Å². The summed E-state index contributed by atoms with van der Waals surface area (Å²) < 4.78 is 45.4. The molecule has 3 aromatic rings. The molecule has 1 N–H and O–H groups in total. The molecule has 2 saturated carbocycles. The molecule has 0 aromatic carbocycles. The van der Waals surface area contributed by atoms with Crippen LogP contribution in [0.5, 0.6) is 0 Å². The largest absolute Gasteiger partial charge is 0.391 e. The Hall–Kier alpha value is -2.43. The molecule has 2 bridgehead atoms. The first-order valence-corrected chi connectivity index (χ1v) is 12.9. The molecular formula is C23H28F3N7S. The Labute approximate surface area is 199 Å². The second-order valence-electron chi connectivity index (χ2n) is 10.1. The van der Waals surface area contributed by atoms with Gasteiger partial charge in [-0.1, -0.05) is 6.07 Å². The van der Waals surface area contributed by atoms with Gasteiger partial charge in [0.05, 0.1) is 5.92 Å². The quantitative estimate of drug-likeness (QED) is 0.551. The van der Waals surface area contributed by atoms with Crippen LogP contribution < -0.4 is 10.2 Å². The molecule has 4 heterocycles. The topological polar surface area (TPSA) is 71.2 Å². The lowest BCUT2D eigenvalue weighted by Crippen LogP contribution is -2.48. The third-order valence-electron chi connectivity index (χ3n) is 7.94. The van der Waals surface area contributed by atoms with E-state index in [4.69, 9.17) is 4.98 Å². The van der Waals surface area contributed by atoms with Crippen LogP contribution in [-0.2, 0) is 0 Å². The Kier molecular flexibility index (Phi) is 5.42. The fourth-order valence-corrected chi connectivity index (χ4v) is 6.91. The lowest BCUT2D eigenvalue weighted by atomic mass is 9.78. The van der Waals surface area contributed by atoms with Gasteiger partial charge in [-0.25, -0.2) is 9.50 Å². The van der Waals surface area contributed by atoms with Crippen molar-refractivity contribution in [1.29, 1.82) is 0 Å². The first-order chi connectivity index (χ1) is 16.3. The second-order valence-corrected chi connectivity index (χ2v) is 10.8. The van der Waals surface area contributed by atoms with Gasteiger partial charge in [-0.05, 0) is 69.3 Å². The highest BCUT2D eigenvalue weighted by Crippen LogP contribution is 2.44. The molecule has 7 nitrogen and oxygen atoms in total. The molecule has 11 heteroatoms. The fraction of sp³-hybridized carbons (Fsp3) is 0.652. The van der Waals surface area contributed by atoms with Crippen molar-refractivity contribution in [2.75, 3.05) is 23.3 Å². The highest BCUT2D eigenvalue weighted by atomic mass is 32.1. The van der Waals surface area contributed by atoms with Crippen molar-refractivity contribution in [1.82, 2.24) is 24.0 Å². The van der Waals surface area contributed by atoms with Gasteiger partial charge in [0, 0.05) is 42.4 Å². The molecule has 0 radical (unpaired) electrons. The summed E-state index contributed by atoms with van der Waals surface area (Å²) in [6.45, 7) is 3.82. The van der Waals surface area contributed by atoms with E-state index in [0.717, 1.165) is 48.1 Å². The first-order valence-electron chi connectivity index (χ1n) is 12.1. The average molecular weight is 492 g/mol. The van der Waals surface area contributed by atoms with Crippen LogP contribution in [0.1, 0.15) is 55.8 Å². The number of piperidine rings is 1. The van der Waals surface area contributed by atoms with Crippen molar-refractivity contribution in [3.8, 4) is 0 Å². The zero-order valence-electron chi connectivity index (χ0n) is 19.0. The molecule has 0 spiro atoms. The minimum atomic E-state index is -4.09. The number of hydrogen-bond acceptors (Lipinski definition) is 7. The van der Waals surface area contributed by atoms with E-state index in [1.54, 1.807) is 4.52 Å². The van der Waals surface area contributed by atoms with Crippen LogP contribution in [0, 0.1) is 24.7 Å². The number of aromatic nitrogens is 5. The number of hydrogen-bond donors (Lipinski definition) is 1. The van der Waals surface area contributed by atoms with Crippen molar-refractivity contribution in [3.05, 3.63) is 29.7 Å². The minimum Gasteiger partial charge on any atom is -0.349 e. The van der Waals surface area contributed by atoms with Gasteiger partial charge < -0.3 is 10.2 Å². The van der Waals surface area contributed by atoms with E-state index >= 15 is 0 Å². The number of alkyl halides is 3. The van der Waals surface area contributed by atoms with Gasteiger partial charge >= 0.3 is 6.18 Å². The highest BCUT2D eigenvalue weighted by Gasteiger charge is 2.44. The molecule has 2 aliphatic carbocycles. The van der Waals surface area contributed by atoms with Crippen molar-refractivity contribution in [3.63, 3.8) is 0 Å². The predicted octanol–water partition coefficient (Wildman–Crippen LogP) is 5.05. The molecule has 3 fully saturated rings. The maximum atomic E-state index is 13.1. The van der Waals surface area contributed by atoms with E-state index in [0.29, 0.717) is 36.7 Å². The van der Waals surface area contributed by atoms with Crippen LogP contribution in [0.15, 0.2) is 18.3 Å². The molecule has 3 atom stereocenters. The molecule has 34 heavy (non-hydrogen) atoms. The smallest absolute Gasteiger partial charge is 0.349 e. The SMILES string of the molecule is Cc1nsc(N2C[C@H]3CC[C@@H](C2)C3Nc2nc3c(C4CCC(C(F)(F)F)CC4)cccn3n2)n1. The number of pyridine rings is 1. The normalized spacial score (nSPS) is 29.6. The van der Waals surface area contributed by atoms with E-state index < -0.39 is 12.1 Å². The Bertz CT molecular complexity index is 1150. The second kappa shape index (κ2) is 8.35. The van der Waals surface area contributed by atoms with Gasteiger partial charge in [0.15, 0.2) is 5.65 Å². The first kappa shape index (κ1) is 22.1. The van der Waals surface area contributed by atoms with Gasteiger partial charge in [-0.3, -0.25) is 0 Å². The molecule has 6 rings (SSSR count).